The molecule has 1 aromatic rings. The normalized spacial score (nSPS) is 10.5. The lowest BCUT2D eigenvalue weighted by atomic mass is 10.0. The zero-order valence-electron chi connectivity index (χ0n) is 13.5. The maximum Gasteiger partial charge on any atom is 0.0460 e. The van der Waals surface area contributed by atoms with Gasteiger partial charge in [0.1, 0.15) is 0 Å². The number of nitrogens with one attached hydrogen (secondary N) is 1. The fourth-order valence-electron chi connectivity index (χ4n) is 1.83. The van der Waals surface area contributed by atoms with E-state index in [2.05, 4.69) is 56.3 Å². The van der Waals surface area contributed by atoms with Crippen LogP contribution in [0.3, 0.4) is 0 Å². The number of anilines is 1. The Morgan fingerprint density at radius 1 is 1.14 bits per heavy atom. The molecule has 0 aliphatic carbocycles. The number of hydrogen-bond acceptors (Lipinski definition) is 1. The van der Waals surface area contributed by atoms with Crippen LogP contribution in [0.2, 0.25) is 0 Å². The van der Waals surface area contributed by atoms with Gasteiger partial charge in [-0.25, -0.2) is 0 Å². The highest BCUT2D eigenvalue weighted by molar-refractivity contribution is 5.72. The van der Waals surface area contributed by atoms with Crippen molar-refractivity contribution in [2.75, 3.05) is 5.32 Å². The van der Waals surface area contributed by atoms with E-state index in [1.54, 1.807) is 18.2 Å². The van der Waals surface area contributed by atoms with Crippen LogP contribution in [0.15, 0.2) is 74.0 Å². The average molecular weight is 281 g/mol. The van der Waals surface area contributed by atoms with Gasteiger partial charge in [-0.1, -0.05) is 76.9 Å². The van der Waals surface area contributed by atoms with Crippen molar-refractivity contribution < 1.29 is 0 Å². The van der Waals surface area contributed by atoms with Gasteiger partial charge in [0, 0.05) is 16.9 Å². The van der Waals surface area contributed by atoms with E-state index in [1.165, 1.54) is 11.1 Å². The highest BCUT2D eigenvalue weighted by Crippen LogP contribution is 2.24. The minimum Gasteiger partial charge on any atom is -0.355 e. The van der Waals surface area contributed by atoms with Crippen LogP contribution >= 0.6 is 0 Å². The van der Waals surface area contributed by atoms with Crippen molar-refractivity contribution in [3.05, 3.63) is 85.1 Å². The molecule has 0 fully saturated rings. The summed E-state index contributed by atoms with van der Waals surface area (Å²) in [4.78, 5) is 0. The van der Waals surface area contributed by atoms with Crippen LogP contribution in [0, 0.1) is 0 Å². The second-order valence-corrected chi connectivity index (χ2v) is 4.01. The highest BCUT2D eigenvalue weighted by atomic mass is 14.9. The van der Waals surface area contributed by atoms with Gasteiger partial charge in [0.05, 0.1) is 0 Å². The molecular weight excluding hydrogens is 254 g/mol. The fourth-order valence-corrected chi connectivity index (χ4v) is 1.83. The van der Waals surface area contributed by atoms with Crippen molar-refractivity contribution in [2.24, 2.45) is 0 Å². The molecule has 0 unspecified atom stereocenters. The number of aryl methyl sites for hydroxylation is 1. The summed E-state index contributed by atoms with van der Waals surface area (Å²) in [5, 5.41) is 3.37. The maximum atomic E-state index is 3.80. The monoisotopic (exact) mass is 281 g/mol. The van der Waals surface area contributed by atoms with E-state index in [-0.39, 0.29) is 0 Å². The Balaban J connectivity index is 0.00000191. The Bertz CT molecular complexity index is 519. The van der Waals surface area contributed by atoms with E-state index in [4.69, 9.17) is 0 Å². The molecule has 0 radical (unpaired) electrons. The smallest absolute Gasteiger partial charge is 0.0460 e. The Labute approximate surface area is 130 Å². The third kappa shape index (κ3) is 6.13. The molecule has 0 heterocycles. The molecule has 1 aromatic carbocycles. The lowest BCUT2D eigenvalue weighted by molar-refractivity contribution is 1.13. The minimum atomic E-state index is 0.927. The van der Waals surface area contributed by atoms with Crippen molar-refractivity contribution in [3.63, 3.8) is 0 Å². The van der Waals surface area contributed by atoms with Gasteiger partial charge in [0.25, 0.3) is 0 Å². The molecule has 1 nitrogen and oxygen atoms in total. The van der Waals surface area contributed by atoms with Crippen LogP contribution < -0.4 is 5.32 Å². The Hall–Kier alpha value is -2.28. The van der Waals surface area contributed by atoms with E-state index >= 15 is 0 Å². The van der Waals surface area contributed by atoms with Crippen molar-refractivity contribution in [3.8, 4) is 0 Å². The second kappa shape index (κ2) is 11.5. The van der Waals surface area contributed by atoms with Crippen LogP contribution in [0.5, 0.6) is 0 Å². The molecule has 0 saturated carbocycles. The van der Waals surface area contributed by atoms with E-state index < -0.39 is 0 Å². The molecule has 1 rings (SSSR count). The Morgan fingerprint density at radius 3 is 2.38 bits per heavy atom. The molecule has 0 saturated heterocycles. The lowest BCUT2D eigenvalue weighted by Crippen LogP contribution is -2.00. The maximum absolute atomic E-state index is 3.80. The fraction of sp³-hybridized carbons (Fsp3) is 0.200. The predicted octanol–water partition coefficient (Wildman–Crippen LogP) is 6.14. The lowest BCUT2D eigenvalue weighted by Gasteiger charge is -2.13. The van der Waals surface area contributed by atoms with E-state index in [0.29, 0.717) is 0 Å². The van der Waals surface area contributed by atoms with Gasteiger partial charge in [0.15, 0.2) is 0 Å². The first-order valence-electron chi connectivity index (χ1n) is 7.40. The van der Waals surface area contributed by atoms with Crippen molar-refractivity contribution in [1.82, 2.24) is 0 Å². The van der Waals surface area contributed by atoms with Gasteiger partial charge >= 0.3 is 0 Å². The van der Waals surface area contributed by atoms with Crippen LogP contribution in [0.1, 0.15) is 31.9 Å². The first kappa shape index (κ1) is 18.7. The first-order valence-corrected chi connectivity index (χ1v) is 7.40. The molecule has 0 amide bonds. The largest absolute Gasteiger partial charge is 0.355 e. The summed E-state index contributed by atoms with van der Waals surface area (Å²) in [6.45, 7) is 17.4. The van der Waals surface area contributed by atoms with Crippen molar-refractivity contribution >= 4 is 11.8 Å². The van der Waals surface area contributed by atoms with Crippen LogP contribution in [-0.2, 0) is 6.42 Å². The molecule has 0 aliphatic heterocycles. The van der Waals surface area contributed by atoms with Crippen molar-refractivity contribution in [2.45, 2.75) is 27.2 Å². The van der Waals surface area contributed by atoms with Gasteiger partial charge < -0.3 is 5.32 Å². The van der Waals surface area contributed by atoms with Crippen LogP contribution in [0.25, 0.3) is 6.08 Å². The molecule has 0 bridgehead atoms. The molecule has 21 heavy (non-hydrogen) atoms. The standard InChI is InChI=1S/C18H21N.C2H6/c1-5-9-13-17-15(7-3)12-10-14-18(17)19-16(8-4)11-6-2;1-2/h5-6,8-14,19H,1-2,4,7H2,3H3;1-2H3/b13-9-,16-11+;. The summed E-state index contributed by atoms with van der Waals surface area (Å²) < 4.78 is 0. The number of hydrogen-bond donors (Lipinski definition) is 1. The predicted molar refractivity (Wildman–Crippen MR) is 98.5 cm³/mol. The van der Waals surface area contributed by atoms with Gasteiger partial charge in [-0.2, -0.15) is 0 Å². The molecule has 0 aliphatic rings. The molecule has 1 N–H and O–H groups in total. The molecule has 0 aromatic heterocycles. The zero-order chi connectivity index (χ0) is 16.1. The van der Waals surface area contributed by atoms with E-state index in [0.717, 1.165) is 17.8 Å². The summed E-state index contributed by atoms with van der Waals surface area (Å²) in [5.74, 6) is 0. The second-order valence-electron chi connectivity index (χ2n) is 4.01. The van der Waals surface area contributed by atoms with Gasteiger partial charge in [-0.3, -0.25) is 0 Å². The van der Waals surface area contributed by atoms with Gasteiger partial charge in [-0.15, -0.1) is 0 Å². The van der Waals surface area contributed by atoms with Gasteiger partial charge in [-0.05, 0) is 30.2 Å². The van der Waals surface area contributed by atoms with E-state index in [9.17, 15) is 0 Å². The van der Waals surface area contributed by atoms with Crippen molar-refractivity contribution in [1.29, 1.82) is 0 Å². The molecule has 112 valence electrons. The highest BCUT2D eigenvalue weighted by Gasteiger charge is 2.04. The Morgan fingerprint density at radius 2 is 1.86 bits per heavy atom. The SMILES string of the molecule is C=C/C=C\c1c(CC)cccc1N/C(C=C)=C/C=C.CC. The molecule has 1 heteroatoms. The summed E-state index contributed by atoms with van der Waals surface area (Å²) in [5.41, 5.74) is 4.47. The van der Waals surface area contributed by atoms with Crippen LogP contribution in [0.4, 0.5) is 5.69 Å². The summed E-state index contributed by atoms with van der Waals surface area (Å²) in [6, 6.07) is 6.25. The first-order chi connectivity index (χ1) is 10.3. The third-order valence-corrected chi connectivity index (χ3v) is 2.77. The number of allylic oxidation sites excluding steroid dienone is 5. The minimum absolute atomic E-state index is 0.927. The molecule has 0 spiro atoms. The number of benzene rings is 1. The molecule has 0 atom stereocenters. The third-order valence-electron chi connectivity index (χ3n) is 2.77. The summed E-state index contributed by atoms with van der Waals surface area (Å²) >= 11 is 0. The van der Waals surface area contributed by atoms with E-state index in [1.807, 2.05) is 26.0 Å². The van der Waals surface area contributed by atoms with Gasteiger partial charge in [0.2, 0.25) is 0 Å². The quantitative estimate of drug-likeness (QED) is 0.592. The summed E-state index contributed by atoms with van der Waals surface area (Å²) in [7, 11) is 0. The average Bonchev–Trinajstić information content (AvgIpc) is 2.54. The number of rotatable bonds is 7. The topological polar surface area (TPSA) is 12.0 Å². The molecular formula is C20H27N. The zero-order valence-corrected chi connectivity index (χ0v) is 13.5. The summed E-state index contributed by atoms with van der Waals surface area (Å²) in [6.07, 6.45) is 12.2. The van der Waals surface area contributed by atoms with Crippen LogP contribution in [-0.4, -0.2) is 0 Å². The Kier molecular flexibility index (Phi) is 10.3.